The molecule has 203 valence electrons. The molecule has 0 saturated carbocycles. The molecule has 0 unspecified atom stereocenters. The van der Waals surface area contributed by atoms with E-state index in [0.29, 0.717) is 0 Å². The van der Waals surface area contributed by atoms with Crippen LogP contribution in [0, 0.1) is 6.92 Å². The normalized spacial score (nSPS) is 12.5. The van der Waals surface area contributed by atoms with Gasteiger partial charge in [-0.2, -0.15) is 10.2 Å². The quantitative estimate of drug-likeness (QED) is 0.133. The molecular formula is C18H16CuN4O11S3. The molecule has 0 aliphatic carbocycles. The third-order valence-corrected chi connectivity index (χ3v) is 7.47. The number of azo groups is 1. The van der Waals surface area contributed by atoms with Gasteiger partial charge in [-0.05, 0) is 43.3 Å². The van der Waals surface area contributed by atoms with Gasteiger partial charge in [-0.15, -0.1) is 5.11 Å². The molecular weight excluding hydrogens is 608 g/mol. The van der Waals surface area contributed by atoms with E-state index in [2.05, 4.69) is 19.5 Å². The molecule has 19 heteroatoms. The van der Waals surface area contributed by atoms with E-state index in [-0.39, 0.29) is 41.9 Å². The topological polar surface area (TPSA) is 246 Å². The van der Waals surface area contributed by atoms with Crippen molar-refractivity contribution in [3.8, 4) is 17.3 Å². The van der Waals surface area contributed by atoms with Crippen molar-refractivity contribution in [1.82, 2.24) is 9.78 Å². The zero-order chi connectivity index (χ0) is 26.9. The molecule has 2 aromatic carbocycles. The van der Waals surface area contributed by atoms with E-state index in [4.69, 9.17) is 0 Å². The second-order valence-electron chi connectivity index (χ2n) is 6.98. The maximum absolute atomic E-state index is 12.7. The third-order valence-electron chi connectivity index (χ3n) is 4.48. The van der Waals surface area contributed by atoms with E-state index < -0.39 is 64.9 Å². The standard InChI is InChI=1S/C18H18N4O11S3.Cu/c1-11-17(20-19-15-10-14(35(27,28)29)6-7-16(15)23)18(24)22(21-11)12-2-4-13(5-3-12)34(25,26)9-8-33-36(30,31)32;/h2-7,10,23-24H,8-9H2,1H3,(H,27,28,29)(H,30,31,32);/q;+2/p-2. The van der Waals surface area contributed by atoms with Crippen LogP contribution in [-0.2, 0) is 51.6 Å². The molecule has 1 radical (unpaired) electrons. The molecule has 0 bridgehead atoms. The van der Waals surface area contributed by atoms with E-state index in [1.54, 1.807) is 0 Å². The van der Waals surface area contributed by atoms with E-state index in [9.17, 15) is 44.6 Å². The van der Waals surface area contributed by atoms with Gasteiger partial charge >= 0.3 is 19.9 Å². The van der Waals surface area contributed by atoms with Gasteiger partial charge in [0, 0.05) is 5.88 Å². The zero-order valence-electron chi connectivity index (χ0n) is 20.3. The summed E-state index contributed by atoms with van der Waals surface area (Å²) in [4.78, 5) is -0.951. The Morgan fingerprint density at radius 1 is 0.946 bits per heavy atom. The van der Waals surface area contributed by atoms with Gasteiger partial charge in [0.25, 0.3) is 0 Å². The predicted octanol–water partition coefficient (Wildman–Crippen LogP) is 0.120. The van der Waals surface area contributed by atoms with Crippen molar-refractivity contribution >= 4 is 41.7 Å². The van der Waals surface area contributed by atoms with Gasteiger partial charge < -0.3 is 19.3 Å². The van der Waals surface area contributed by atoms with Crippen LogP contribution in [0.2, 0.25) is 0 Å². The molecule has 15 nitrogen and oxygen atoms in total. The first-order chi connectivity index (χ1) is 16.6. The average molecular weight is 624 g/mol. The summed E-state index contributed by atoms with van der Waals surface area (Å²) >= 11 is 0. The number of nitrogens with zero attached hydrogens (tertiary/aromatic N) is 4. The SMILES string of the molecule is Cc1nn(-c2ccc(S(=O)(=O)CCOS(=O)(=O)[O-])cc2)c([O-])c1N=Nc1cc(S(=O)(=O)[O-])ccc1[O-].[Cu+2].[H+].[H+]. The number of rotatable bonds is 9. The summed E-state index contributed by atoms with van der Waals surface area (Å²) in [5.74, 6) is -2.34. The molecule has 0 N–H and O–H groups in total. The third kappa shape index (κ3) is 7.55. The van der Waals surface area contributed by atoms with Crippen molar-refractivity contribution < 1.29 is 68.7 Å². The minimum absolute atomic E-state index is 0. The van der Waals surface area contributed by atoms with Crippen LogP contribution in [0.3, 0.4) is 0 Å². The Labute approximate surface area is 224 Å². The molecule has 3 rings (SSSR count). The Kier molecular flexibility index (Phi) is 9.21. The van der Waals surface area contributed by atoms with Crippen LogP contribution in [0.25, 0.3) is 5.69 Å². The Morgan fingerprint density at radius 2 is 1.54 bits per heavy atom. The van der Waals surface area contributed by atoms with Gasteiger partial charge in [0.2, 0.25) is 10.4 Å². The second-order valence-corrected chi connectivity index (χ2v) is 11.5. The van der Waals surface area contributed by atoms with Crippen LogP contribution in [0.4, 0.5) is 11.4 Å². The molecule has 0 aliphatic heterocycles. The number of sulfone groups is 1. The van der Waals surface area contributed by atoms with Crippen molar-refractivity contribution in [2.75, 3.05) is 12.4 Å². The Bertz CT molecular complexity index is 1660. The maximum Gasteiger partial charge on any atom is 2.00 e. The molecule has 1 heterocycles. The monoisotopic (exact) mass is 623 g/mol. The van der Waals surface area contributed by atoms with Crippen molar-refractivity contribution in [2.24, 2.45) is 10.2 Å². The minimum Gasteiger partial charge on any atom is -0.871 e. The first kappa shape index (κ1) is 30.3. The number of aromatic nitrogens is 2. The van der Waals surface area contributed by atoms with Crippen molar-refractivity contribution in [3.63, 3.8) is 0 Å². The fourth-order valence-electron chi connectivity index (χ4n) is 2.78. The fraction of sp³-hybridized carbons (Fsp3) is 0.167. The van der Waals surface area contributed by atoms with Gasteiger partial charge in [-0.25, -0.2) is 29.9 Å². The molecule has 0 spiro atoms. The maximum atomic E-state index is 12.7. The smallest absolute Gasteiger partial charge is 0.871 e. The predicted molar refractivity (Wildman–Crippen MR) is 116 cm³/mol. The van der Waals surface area contributed by atoms with Gasteiger partial charge in [-0.1, -0.05) is 11.8 Å². The van der Waals surface area contributed by atoms with Crippen LogP contribution in [0.1, 0.15) is 8.55 Å². The molecule has 0 saturated heterocycles. The van der Waals surface area contributed by atoms with Gasteiger partial charge in [0.15, 0.2) is 9.84 Å². The average Bonchev–Trinajstić information content (AvgIpc) is 3.05. The van der Waals surface area contributed by atoms with Crippen LogP contribution >= 0.6 is 0 Å². The second kappa shape index (κ2) is 11.2. The number of benzene rings is 2. The summed E-state index contributed by atoms with van der Waals surface area (Å²) in [6.07, 6.45) is 0. The number of hydrogen-bond donors (Lipinski definition) is 0. The molecule has 3 aromatic rings. The van der Waals surface area contributed by atoms with E-state index in [0.717, 1.165) is 35.0 Å². The Morgan fingerprint density at radius 3 is 2.11 bits per heavy atom. The largest absolute Gasteiger partial charge is 2.00 e. The van der Waals surface area contributed by atoms with E-state index >= 15 is 0 Å². The van der Waals surface area contributed by atoms with Crippen LogP contribution in [0.15, 0.2) is 62.5 Å². The van der Waals surface area contributed by atoms with Crippen molar-refractivity contribution in [2.45, 2.75) is 16.7 Å². The summed E-state index contributed by atoms with van der Waals surface area (Å²) in [5, 5.41) is 35.9. The molecule has 0 atom stereocenters. The summed E-state index contributed by atoms with van der Waals surface area (Å²) < 4.78 is 94.0. The summed E-state index contributed by atoms with van der Waals surface area (Å²) in [6, 6.07) is 7.04. The number of aryl methyl sites for hydroxylation is 1. The first-order valence-corrected chi connectivity index (χ1v) is 13.9. The fourth-order valence-corrected chi connectivity index (χ4v) is 4.75. The summed E-state index contributed by atoms with van der Waals surface area (Å²) in [7, 11) is -13.9. The molecule has 1 aromatic heterocycles. The molecule has 0 fully saturated rings. The van der Waals surface area contributed by atoms with Gasteiger partial charge in [0.1, 0.15) is 15.8 Å². The Balaban J connectivity index is 0.00000481. The van der Waals surface area contributed by atoms with Crippen LogP contribution in [-0.4, -0.2) is 56.5 Å². The first-order valence-electron chi connectivity index (χ1n) is 9.47. The Hall–Kier alpha value is -2.90. The zero-order valence-corrected chi connectivity index (χ0v) is 21.7. The minimum atomic E-state index is -5.05. The molecule has 0 aliphatic rings. The van der Waals surface area contributed by atoms with E-state index in [1.165, 1.54) is 19.1 Å². The summed E-state index contributed by atoms with van der Waals surface area (Å²) in [5.41, 5.74) is -0.624. The van der Waals surface area contributed by atoms with Crippen LogP contribution < -0.4 is 10.2 Å². The van der Waals surface area contributed by atoms with Crippen molar-refractivity contribution in [3.05, 3.63) is 48.2 Å². The summed E-state index contributed by atoms with van der Waals surface area (Å²) in [6.45, 7) is 0.522. The molecule has 0 amide bonds. The molecule has 37 heavy (non-hydrogen) atoms. The number of hydrogen-bond acceptors (Lipinski definition) is 14. The van der Waals surface area contributed by atoms with Gasteiger partial charge in [0.05, 0.1) is 39.2 Å². The van der Waals surface area contributed by atoms with E-state index in [1.807, 2.05) is 0 Å². The van der Waals surface area contributed by atoms with Crippen LogP contribution in [0.5, 0.6) is 11.6 Å². The van der Waals surface area contributed by atoms with Crippen molar-refractivity contribution in [1.29, 1.82) is 0 Å². The van der Waals surface area contributed by atoms with Gasteiger partial charge in [-0.3, -0.25) is 4.18 Å².